The van der Waals surface area contributed by atoms with Gasteiger partial charge in [0.1, 0.15) is 0 Å². The van der Waals surface area contributed by atoms with Crippen molar-refractivity contribution in [1.29, 1.82) is 0 Å². The van der Waals surface area contributed by atoms with Crippen molar-refractivity contribution < 1.29 is 13.3 Å². The van der Waals surface area contributed by atoms with Gasteiger partial charge < -0.3 is 13.3 Å². The summed E-state index contributed by atoms with van der Waals surface area (Å²) in [5.41, 5.74) is 0. The molecular formula is C16H36O3Si. The first-order valence-corrected chi connectivity index (χ1v) is 10.3. The molecule has 0 saturated carbocycles. The summed E-state index contributed by atoms with van der Waals surface area (Å²) in [6.45, 7) is 15.0. The minimum atomic E-state index is -2.42. The molecule has 0 heterocycles. The first-order valence-electron chi connectivity index (χ1n) is 8.41. The largest absolute Gasteiger partial charge is 0.500 e. The van der Waals surface area contributed by atoms with E-state index >= 15 is 0 Å². The van der Waals surface area contributed by atoms with Gasteiger partial charge in [0, 0.05) is 25.9 Å². The minimum Gasteiger partial charge on any atom is -0.374 e. The van der Waals surface area contributed by atoms with Crippen LogP contribution in [0.3, 0.4) is 0 Å². The SMILES string of the molecule is CCO[Si](CCC(C)CCCC(C)C)(OCC)OCC. The molecule has 0 N–H and O–H groups in total. The van der Waals surface area contributed by atoms with Crippen molar-refractivity contribution in [2.75, 3.05) is 19.8 Å². The highest BCUT2D eigenvalue weighted by atomic mass is 28.4. The van der Waals surface area contributed by atoms with E-state index in [-0.39, 0.29) is 0 Å². The highest BCUT2D eigenvalue weighted by Gasteiger charge is 2.40. The molecule has 0 bridgehead atoms. The number of hydrogen-bond acceptors (Lipinski definition) is 3. The Hall–Kier alpha value is 0.0969. The molecule has 0 amide bonds. The van der Waals surface area contributed by atoms with E-state index in [4.69, 9.17) is 13.3 Å². The lowest BCUT2D eigenvalue weighted by Crippen LogP contribution is -2.46. The lowest BCUT2D eigenvalue weighted by molar-refractivity contribution is 0.0696. The normalized spacial score (nSPS) is 13.9. The molecule has 0 aliphatic rings. The van der Waals surface area contributed by atoms with Crippen molar-refractivity contribution in [1.82, 2.24) is 0 Å². The topological polar surface area (TPSA) is 27.7 Å². The standard InChI is InChI=1S/C16H36O3Si/c1-7-17-20(18-8-2,19-9-3)14-13-16(6)12-10-11-15(4)5/h15-16H,7-14H2,1-6H3. The Morgan fingerprint density at radius 1 is 0.750 bits per heavy atom. The molecule has 20 heavy (non-hydrogen) atoms. The summed E-state index contributed by atoms with van der Waals surface area (Å²) >= 11 is 0. The van der Waals surface area contributed by atoms with Crippen LogP contribution in [0.4, 0.5) is 0 Å². The van der Waals surface area contributed by atoms with Crippen LogP contribution in [0.2, 0.25) is 6.04 Å². The van der Waals surface area contributed by atoms with E-state index in [9.17, 15) is 0 Å². The summed E-state index contributed by atoms with van der Waals surface area (Å²) in [6, 6.07) is 0.950. The lowest BCUT2D eigenvalue weighted by Gasteiger charge is -2.29. The first-order chi connectivity index (χ1) is 9.49. The first kappa shape index (κ1) is 20.1. The van der Waals surface area contributed by atoms with Gasteiger partial charge in [-0.05, 0) is 39.0 Å². The van der Waals surface area contributed by atoms with Crippen LogP contribution in [0.1, 0.15) is 67.2 Å². The van der Waals surface area contributed by atoms with E-state index in [1.165, 1.54) is 19.3 Å². The molecule has 4 heteroatoms. The summed E-state index contributed by atoms with van der Waals surface area (Å²) in [4.78, 5) is 0. The third kappa shape index (κ3) is 9.11. The Morgan fingerprint density at radius 3 is 1.65 bits per heavy atom. The Labute approximate surface area is 127 Å². The molecule has 0 spiro atoms. The summed E-state index contributed by atoms with van der Waals surface area (Å²) in [7, 11) is -2.42. The Bertz CT molecular complexity index is 205. The van der Waals surface area contributed by atoms with Gasteiger partial charge in [0.15, 0.2) is 0 Å². The second-order valence-electron chi connectivity index (χ2n) is 5.95. The predicted molar refractivity (Wildman–Crippen MR) is 87.9 cm³/mol. The molecule has 1 atom stereocenters. The van der Waals surface area contributed by atoms with E-state index in [0.29, 0.717) is 19.8 Å². The predicted octanol–water partition coefficient (Wildman–Crippen LogP) is 4.89. The minimum absolute atomic E-state index is 0.675. The van der Waals surface area contributed by atoms with Crippen LogP contribution >= 0.6 is 0 Å². The van der Waals surface area contributed by atoms with E-state index in [2.05, 4.69) is 20.8 Å². The molecule has 0 fully saturated rings. The van der Waals surface area contributed by atoms with Crippen molar-refractivity contribution in [2.24, 2.45) is 11.8 Å². The van der Waals surface area contributed by atoms with Gasteiger partial charge in [-0.15, -0.1) is 0 Å². The van der Waals surface area contributed by atoms with Gasteiger partial charge in [-0.1, -0.05) is 40.0 Å². The monoisotopic (exact) mass is 304 g/mol. The average molecular weight is 305 g/mol. The molecule has 0 aromatic rings. The van der Waals surface area contributed by atoms with Gasteiger partial charge in [0.2, 0.25) is 0 Å². The van der Waals surface area contributed by atoms with Gasteiger partial charge in [-0.25, -0.2) is 0 Å². The lowest BCUT2D eigenvalue weighted by atomic mass is 9.98. The molecule has 0 rings (SSSR count). The van der Waals surface area contributed by atoms with Crippen LogP contribution in [0, 0.1) is 11.8 Å². The number of hydrogen-bond donors (Lipinski definition) is 0. The average Bonchev–Trinajstić information content (AvgIpc) is 2.37. The van der Waals surface area contributed by atoms with E-state index in [1.807, 2.05) is 20.8 Å². The molecule has 0 radical (unpaired) electrons. The van der Waals surface area contributed by atoms with E-state index in [1.54, 1.807) is 0 Å². The highest BCUT2D eigenvalue weighted by Crippen LogP contribution is 2.24. The highest BCUT2D eigenvalue weighted by molar-refractivity contribution is 6.60. The fourth-order valence-electron chi connectivity index (χ4n) is 2.44. The van der Waals surface area contributed by atoms with Gasteiger partial charge in [-0.2, -0.15) is 0 Å². The molecule has 0 aromatic heterocycles. The van der Waals surface area contributed by atoms with Gasteiger partial charge in [0.25, 0.3) is 0 Å². The molecule has 122 valence electrons. The van der Waals surface area contributed by atoms with Gasteiger partial charge in [0.05, 0.1) is 0 Å². The summed E-state index contributed by atoms with van der Waals surface area (Å²) in [5, 5.41) is 0. The molecule has 3 nitrogen and oxygen atoms in total. The second kappa shape index (κ2) is 11.7. The third-order valence-electron chi connectivity index (χ3n) is 3.51. The molecule has 0 aliphatic heterocycles. The summed E-state index contributed by atoms with van der Waals surface area (Å²) < 4.78 is 17.7. The van der Waals surface area contributed by atoms with Gasteiger partial charge >= 0.3 is 8.80 Å². The Morgan fingerprint density at radius 2 is 1.25 bits per heavy atom. The fraction of sp³-hybridized carbons (Fsp3) is 1.00. The van der Waals surface area contributed by atoms with Crippen LogP contribution in [0.25, 0.3) is 0 Å². The molecule has 1 unspecified atom stereocenters. The van der Waals surface area contributed by atoms with E-state index < -0.39 is 8.80 Å². The van der Waals surface area contributed by atoms with Crippen molar-refractivity contribution >= 4 is 8.80 Å². The van der Waals surface area contributed by atoms with Gasteiger partial charge in [-0.3, -0.25) is 0 Å². The second-order valence-corrected chi connectivity index (χ2v) is 8.68. The van der Waals surface area contributed by atoms with Crippen LogP contribution in [0.5, 0.6) is 0 Å². The van der Waals surface area contributed by atoms with Crippen molar-refractivity contribution in [3.63, 3.8) is 0 Å². The Kier molecular flexibility index (Phi) is 11.8. The zero-order valence-corrected chi connectivity index (χ0v) is 15.5. The van der Waals surface area contributed by atoms with Crippen LogP contribution in [-0.2, 0) is 13.3 Å². The zero-order chi connectivity index (χ0) is 15.4. The molecular weight excluding hydrogens is 268 g/mol. The zero-order valence-electron chi connectivity index (χ0n) is 14.5. The third-order valence-corrected chi connectivity index (χ3v) is 6.60. The van der Waals surface area contributed by atoms with Crippen LogP contribution in [-0.4, -0.2) is 28.6 Å². The quantitative estimate of drug-likeness (QED) is 0.454. The van der Waals surface area contributed by atoms with Crippen molar-refractivity contribution in [2.45, 2.75) is 73.3 Å². The molecule has 0 saturated heterocycles. The van der Waals surface area contributed by atoms with Crippen molar-refractivity contribution in [3.05, 3.63) is 0 Å². The summed E-state index contributed by atoms with van der Waals surface area (Å²) in [6.07, 6.45) is 5.10. The van der Waals surface area contributed by atoms with Crippen LogP contribution < -0.4 is 0 Å². The molecule has 0 aromatic carbocycles. The maximum Gasteiger partial charge on any atom is 0.500 e. The number of rotatable bonds is 13. The van der Waals surface area contributed by atoms with Crippen LogP contribution in [0.15, 0.2) is 0 Å². The van der Waals surface area contributed by atoms with E-state index in [0.717, 1.165) is 24.3 Å². The maximum atomic E-state index is 5.90. The fourth-order valence-corrected chi connectivity index (χ4v) is 5.29. The summed E-state index contributed by atoms with van der Waals surface area (Å²) in [5.74, 6) is 1.54. The smallest absolute Gasteiger partial charge is 0.374 e. The Balaban J connectivity index is 4.21. The molecule has 0 aliphatic carbocycles. The van der Waals surface area contributed by atoms with Crippen molar-refractivity contribution in [3.8, 4) is 0 Å². The maximum absolute atomic E-state index is 5.90.